The van der Waals surface area contributed by atoms with Gasteiger partial charge >= 0.3 is 6.09 Å². The fourth-order valence-corrected chi connectivity index (χ4v) is 5.22. The molecule has 0 aliphatic carbocycles. The molecule has 11 nitrogen and oxygen atoms in total. The average Bonchev–Trinajstić information content (AvgIpc) is 2.91. The van der Waals surface area contributed by atoms with Crippen LogP contribution in [0.5, 0.6) is 5.75 Å². The van der Waals surface area contributed by atoms with Crippen molar-refractivity contribution >= 4 is 23.5 Å². The molecule has 1 fully saturated rings. The summed E-state index contributed by atoms with van der Waals surface area (Å²) in [6, 6.07) is 9.35. The maximum absolute atomic E-state index is 12.6. The Labute approximate surface area is 221 Å². The maximum atomic E-state index is 12.6. The third-order valence-corrected chi connectivity index (χ3v) is 7.12. The van der Waals surface area contributed by atoms with Crippen molar-refractivity contribution in [2.75, 3.05) is 47.8 Å². The molecule has 0 unspecified atom stereocenters. The number of piperazine rings is 1. The smallest absolute Gasteiger partial charge is 0.410 e. The molecule has 1 amide bonds. The predicted molar refractivity (Wildman–Crippen MR) is 143 cm³/mol. The Kier molecular flexibility index (Phi) is 5.93. The molecule has 2 N–H and O–H groups in total. The normalized spacial score (nSPS) is 18.7. The third-order valence-electron chi connectivity index (χ3n) is 7.12. The number of anilines is 3. The number of carbonyl (C=O) groups is 1. The fourth-order valence-electron chi connectivity index (χ4n) is 5.22. The Balaban J connectivity index is 1.19. The second kappa shape index (κ2) is 9.30. The van der Waals surface area contributed by atoms with E-state index in [0.29, 0.717) is 36.7 Å². The SMILES string of the molecule is CC(C)(C)OC(=O)N1CCc2cnc(N3CCN4c5cc(-c6ccccc6O)nnc5NC[C@H]4C3)nc2C1. The molecule has 1 saturated heterocycles. The van der Waals surface area contributed by atoms with E-state index in [1.807, 2.05) is 45.2 Å². The summed E-state index contributed by atoms with van der Waals surface area (Å²) in [5.41, 5.74) is 3.70. The zero-order chi connectivity index (χ0) is 26.4. The second-order valence-electron chi connectivity index (χ2n) is 10.9. The first-order valence-electron chi connectivity index (χ1n) is 13.0. The summed E-state index contributed by atoms with van der Waals surface area (Å²) in [6.45, 7) is 9.64. The molecular formula is C27H32N8O3. The number of nitrogens with one attached hydrogen (secondary N) is 1. The Hall–Kier alpha value is -4.15. The number of para-hydroxylation sites is 1. The van der Waals surface area contributed by atoms with Gasteiger partial charge in [-0.15, -0.1) is 10.2 Å². The van der Waals surface area contributed by atoms with Crippen LogP contribution in [0, 0.1) is 0 Å². The first-order chi connectivity index (χ1) is 18.2. The van der Waals surface area contributed by atoms with E-state index < -0.39 is 5.60 Å². The van der Waals surface area contributed by atoms with Crippen molar-refractivity contribution in [1.29, 1.82) is 0 Å². The molecular weight excluding hydrogens is 484 g/mol. The van der Waals surface area contributed by atoms with Crippen LogP contribution in [-0.4, -0.2) is 80.6 Å². The highest BCUT2D eigenvalue weighted by Gasteiger charge is 2.34. The quantitative estimate of drug-likeness (QED) is 0.526. The number of ether oxygens (including phenoxy) is 1. The first-order valence-corrected chi connectivity index (χ1v) is 13.0. The van der Waals surface area contributed by atoms with Crippen LogP contribution in [0.4, 0.5) is 22.2 Å². The van der Waals surface area contributed by atoms with E-state index >= 15 is 0 Å². The minimum absolute atomic E-state index is 0.182. The van der Waals surface area contributed by atoms with Crippen molar-refractivity contribution in [3.05, 3.63) is 47.8 Å². The number of fused-ring (bicyclic) bond motifs is 4. The second-order valence-corrected chi connectivity index (χ2v) is 10.9. The highest BCUT2D eigenvalue weighted by molar-refractivity contribution is 5.76. The molecule has 5 heterocycles. The zero-order valence-corrected chi connectivity index (χ0v) is 21.9. The zero-order valence-electron chi connectivity index (χ0n) is 21.9. The van der Waals surface area contributed by atoms with Crippen molar-refractivity contribution < 1.29 is 14.6 Å². The maximum Gasteiger partial charge on any atom is 0.410 e. The summed E-state index contributed by atoms with van der Waals surface area (Å²) in [5.74, 6) is 1.62. The van der Waals surface area contributed by atoms with E-state index in [1.165, 1.54) is 0 Å². The molecule has 11 heteroatoms. The van der Waals surface area contributed by atoms with Crippen LogP contribution in [0.15, 0.2) is 36.5 Å². The minimum atomic E-state index is -0.533. The lowest BCUT2D eigenvalue weighted by Gasteiger charge is -2.45. The summed E-state index contributed by atoms with van der Waals surface area (Å²) < 4.78 is 5.57. The highest BCUT2D eigenvalue weighted by Crippen LogP contribution is 2.36. The van der Waals surface area contributed by atoms with Gasteiger partial charge in [0.15, 0.2) is 5.82 Å². The van der Waals surface area contributed by atoms with Gasteiger partial charge in [-0.1, -0.05) is 12.1 Å². The van der Waals surface area contributed by atoms with Gasteiger partial charge in [0.2, 0.25) is 5.95 Å². The number of phenols is 1. The van der Waals surface area contributed by atoms with E-state index in [2.05, 4.69) is 30.3 Å². The molecule has 3 aliphatic rings. The van der Waals surface area contributed by atoms with Crippen LogP contribution in [0.1, 0.15) is 32.0 Å². The lowest BCUT2D eigenvalue weighted by atomic mass is 10.1. The van der Waals surface area contributed by atoms with Crippen LogP contribution in [-0.2, 0) is 17.7 Å². The molecule has 0 saturated carbocycles. The topological polar surface area (TPSA) is 120 Å². The molecule has 38 heavy (non-hydrogen) atoms. The number of hydrogen-bond acceptors (Lipinski definition) is 10. The number of benzene rings is 1. The summed E-state index contributed by atoms with van der Waals surface area (Å²) in [6.07, 6.45) is 2.31. The van der Waals surface area contributed by atoms with E-state index in [-0.39, 0.29) is 17.9 Å². The van der Waals surface area contributed by atoms with Gasteiger partial charge in [0, 0.05) is 44.5 Å². The van der Waals surface area contributed by atoms with Crippen LogP contribution in [0.25, 0.3) is 11.3 Å². The summed E-state index contributed by atoms with van der Waals surface area (Å²) >= 11 is 0. The molecule has 1 aromatic carbocycles. The van der Waals surface area contributed by atoms with Crippen LogP contribution < -0.4 is 15.1 Å². The Morgan fingerprint density at radius 2 is 2.00 bits per heavy atom. The number of carbonyl (C=O) groups excluding carboxylic acids is 1. The Morgan fingerprint density at radius 1 is 1.16 bits per heavy atom. The number of amides is 1. The van der Waals surface area contributed by atoms with Gasteiger partial charge < -0.3 is 29.9 Å². The standard InChI is InChI=1S/C27H32N8O3/c1-27(2,3)38-26(37)34-9-8-17-13-29-25(30-21(17)16-34)33-10-11-35-18(15-33)14-28-24-22(35)12-20(31-32-24)19-6-4-5-7-23(19)36/h4-7,12-13,18,36H,8-11,14-16H2,1-3H3,(H,28,32)/t18-/m0/s1. The minimum Gasteiger partial charge on any atom is -0.507 e. The molecule has 0 bridgehead atoms. The van der Waals surface area contributed by atoms with Crippen LogP contribution >= 0.6 is 0 Å². The van der Waals surface area contributed by atoms with Gasteiger partial charge in [0.25, 0.3) is 0 Å². The fraction of sp³-hybridized carbons (Fsp3) is 0.444. The van der Waals surface area contributed by atoms with E-state index in [1.54, 1.807) is 17.0 Å². The van der Waals surface area contributed by atoms with Gasteiger partial charge in [-0.2, -0.15) is 0 Å². The van der Waals surface area contributed by atoms with Crippen molar-refractivity contribution in [3.8, 4) is 17.0 Å². The lowest BCUT2D eigenvalue weighted by molar-refractivity contribution is 0.0220. The Bertz CT molecular complexity index is 1370. The van der Waals surface area contributed by atoms with Gasteiger partial charge in [-0.25, -0.2) is 14.8 Å². The molecule has 2 aromatic heterocycles. The largest absolute Gasteiger partial charge is 0.507 e. The van der Waals surface area contributed by atoms with Gasteiger partial charge in [-0.3, -0.25) is 0 Å². The summed E-state index contributed by atoms with van der Waals surface area (Å²) in [5, 5.41) is 22.4. The van der Waals surface area contributed by atoms with Crippen molar-refractivity contribution in [1.82, 2.24) is 25.1 Å². The molecule has 6 rings (SSSR count). The number of aromatic nitrogens is 4. The van der Waals surface area contributed by atoms with Crippen molar-refractivity contribution in [2.45, 2.75) is 45.4 Å². The lowest BCUT2D eigenvalue weighted by Crippen LogP contribution is -2.58. The number of aromatic hydroxyl groups is 1. The van der Waals surface area contributed by atoms with Gasteiger partial charge in [0.05, 0.1) is 29.7 Å². The molecule has 1 atom stereocenters. The van der Waals surface area contributed by atoms with E-state index in [9.17, 15) is 9.90 Å². The molecule has 3 aromatic rings. The number of nitrogens with zero attached hydrogens (tertiary/aromatic N) is 7. The predicted octanol–water partition coefficient (Wildman–Crippen LogP) is 3.05. The number of rotatable bonds is 2. The van der Waals surface area contributed by atoms with Crippen molar-refractivity contribution in [2.24, 2.45) is 0 Å². The molecule has 3 aliphatic heterocycles. The average molecular weight is 517 g/mol. The number of hydrogen-bond donors (Lipinski definition) is 2. The molecule has 0 spiro atoms. The van der Waals surface area contributed by atoms with E-state index in [0.717, 1.165) is 48.9 Å². The third kappa shape index (κ3) is 4.64. The molecule has 198 valence electrons. The Morgan fingerprint density at radius 3 is 2.82 bits per heavy atom. The highest BCUT2D eigenvalue weighted by atomic mass is 16.6. The van der Waals surface area contributed by atoms with E-state index in [4.69, 9.17) is 9.72 Å². The number of phenolic OH excluding ortho intramolecular Hbond substituents is 1. The summed E-state index contributed by atoms with van der Waals surface area (Å²) in [7, 11) is 0. The van der Waals surface area contributed by atoms with Crippen LogP contribution in [0.3, 0.4) is 0 Å². The van der Waals surface area contributed by atoms with Gasteiger partial charge in [0.1, 0.15) is 11.4 Å². The molecule has 0 radical (unpaired) electrons. The van der Waals surface area contributed by atoms with Gasteiger partial charge in [-0.05, 0) is 51.0 Å². The van der Waals surface area contributed by atoms with Crippen LogP contribution in [0.2, 0.25) is 0 Å². The first kappa shape index (κ1) is 24.2. The monoisotopic (exact) mass is 516 g/mol. The van der Waals surface area contributed by atoms with Crippen molar-refractivity contribution in [3.63, 3.8) is 0 Å². The summed E-state index contributed by atoms with van der Waals surface area (Å²) in [4.78, 5) is 28.5.